The zero-order valence-corrected chi connectivity index (χ0v) is 18.7. The van der Waals surface area contributed by atoms with Crippen LogP contribution in [0.4, 0.5) is 23.0 Å². The number of rotatable bonds is 4. The second-order valence-electron chi connectivity index (χ2n) is 8.51. The van der Waals surface area contributed by atoms with Crippen molar-refractivity contribution < 1.29 is 9.59 Å². The number of anilines is 4. The van der Waals surface area contributed by atoms with Gasteiger partial charge in [-0.3, -0.25) is 9.59 Å². The largest absolute Gasteiger partial charge is 0.325 e. The maximum atomic E-state index is 12.7. The smallest absolute Gasteiger partial charge is 0.255 e. The highest BCUT2D eigenvalue weighted by Crippen LogP contribution is 2.33. The predicted octanol–water partition coefficient (Wildman–Crippen LogP) is 5.20. The molecular formula is C28H21N5O2. The van der Waals surface area contributed by atoms with Gasteiger partial charge in [0, 0.05) is 34.3 Å². The molecule has 2 heterocycles. The van der Waals surface area contributed by atoms with Gasteiger partial charge in [0.05, 0.1) is 17.8 Å². The van der Waals surface area contributed by atoms with E-state index in [0.29, 0.717) is 11.5 Å². The lowest BCUT2D eigenvalue weighted by Crippen LogP contribution is -2.12. The molecule has 0 atom stereocenters. The Morgan fingerprint density at radius 2 is 1.77 bits per heavy atom. The van der Waals surface area contributed by atoms with Crippen LogP contribution in [0.15, 0.2) is 79.0 Å². The van der Waals surface area contributed by atoms with E-state index in [2.05, 4.69) is 38.1 Å². The van der Waals surface area contributed by atoms with Gasteiger partial charge in [-0.2, -0.15) is 0 Å². The SMILES string of the molecule is O=C1Cc2cnc(Nc3ccc(C(=O)Nc4ccc5c(c4)C=CC5)cc3)nc2-c2ccccc2N1. The van der Waals surface area contributed by atoms with Gasteiger partial charge in [0.2, 0.25) is 11.9 Å². The molecule has 0 fully saturated rings. The molecule has 0 saturated heterocycles. The van der Waals surface area contributed by atoms with Crippen LogP contribution in [0.5, 0.6) is 0 Å². The second-order valence-corrected chi connectivity index (χ2v) is 8.51. The summed E-state index contributed by atoms with van der Waals surface area (Å²) >= 11 is 0. The predicted molar refractivity (Wildman–Crippen MR) is 137 cm³/mol. The molecule has 3 N–H and O–H groups in total. The average molecular weight is 460 g/mol. The zero-order valence-electron chi connectivity index (χ0n) is 18.7. The Bertz CT molecular complexity index is 1510. The third-order valence-electron chi connectivity index (χ3n) is 6.11. The highest BCUT2D eigenvalue weighted by atomic mass is 16.2. The number of benzene rings is 3. The van der Waals surface area contributed by atoms with Gasteiger partial charge in [-0.1, -0.05) is 36.4 Å². The fourth-order valence-corrected chi connectivity index (χ4v) is 4.36. The van der Waals surface area contributed by atoms with Crippen LogP contribution in [0.3, 0.4) is 0 Å². The van der Waals surface area contributed by atoms with Gasteiger partial charge in [0.15, 0.2) is 0 Å². The molecule has 7 heteroatoms. The molecule has 3 aromatic carbocycles. The van der Waals surface area contributed by atoms with E-state index in [-0.39, 0.29) is 18.2 Å². The first-order valence-electron chi connectivity index (χ1n) is 11.4. The van der Waals surface area contributed by atoms with Crippen LogP contribution in [0, 0.1) is 0 Å². The van der Waals surface area contributed by atoms with Crippen molar-refractivity contribution in [2.75, 3.05) is 16.0 Å². The Balaban J connectivity index is 1.19. The van der Waals surface area contributed by atoms with Gasteiger partial charge in [-0.25, -0.2) is 9.97 Å². The zero-order chi connectivity index (χ0) is 23.8. The molecule has 35 heavy (non-hydrogen) atoms. The third-order valence-corrected chi connectivity index (χ3v) is 6.11. The summed E-state index contributed by atoms with van der Waals surface area (Å²) in [6.45, 7) is 0. The van der Waals surface area contributed by atoms with Gasteiger partial charge in [0.1, 0.15) is 0 Å². The molecule has 0 unspecified atom stereocenters. The van der Waals surface area contributed by atoms with Crippen LogP contribution in [-0.4, -0.2) is 21.8 Å². The van der Waals surface area contributed by atoms with Crippen molar-refractivity contribution in [1.29, 1.82) is 0 Å². The molecule has 4 aromatic rings. The number of para-hydroxylation sites is 1. The van der Waals surface area contributed by atoms with E-state index in [0.717, 1.165) is 45.9 Å². The molecule has 2 amide bonds. The summed E-state index contributed by atoms with van der Waals surface area (Å²) in [4.78, 5) is 34.0. The van der Waals surface area contributed by atoms with E-state index >= 15 is 0 Å². The molecule has 6 rings (SSSR count). The minimum absolute atomic E-state index is 0.0919. The van der Waals surface area contributed by atoms with E-state index in [1.165, 1.54) is 5.56 Å². The lowest BCUT2D eigenvalue weighted by Gasteiger charge is -2.11. The van der Waals surface area contributed by atoms with Crippen LogP contribution in [-0.2, 0) is 17.6 Å². The maximum Gasteiger partial charge on any atom is 0.255 e. The molecule has 1 aliphatic carbocycles. The molecular weight excluding hydrogens is 438 g/mol. The monoisotopic (exact) mass is 459 g/mol. The molecule has 0 saturated carbocycles. The van der Waals surface area contributed by atoms with Crippen molar-refractivity contribution >= 4 is 40.9 Å². The van der Waals surface area contributed by atoms with E-state index in [9.17, 15) is 9.59 Å². The van der Waals surface area contributed by atoms with Crippen LogP contribution in [0.25, 0.3) is 17.3 Å². The number of hydrogen-bond acceptors (Lipinski definition) is 5. The molecule has 1 aromatic heterocycles. The van der Waals surface area contributed by atoms with Crippen molar-refractivity contribution in [3.05, 3.63) is 101 Å². The van der Waals surface area contributed by atoms with E-state index in [1.54, 1.807) is 18.3 Å². The lowest BCUT2D eigenvalue weighted by molar-refractivity contribution is -0.115. The van der Waals surface area contributed by atoms with Gasteiger partial charge < -0.3 is 16.0 Å². The first-order chi connectivity index (χ1) is 17.1. The van der Waals surface area contributed by atoms with Gasteiger partial charge in [-0.05, 0) is 60.0 Å². The fraction of sp³-hybridized carbons (Fsp3) is 0.0714. The van der Waals surface area contributed by atoms with Crippen molar-refractivity contribution in [3.8, 4) is 11.3 Å². The van der Waals surface area contributed by atoms with Gasteiger partial charge >= 0.3 is 0 Å². The van der Waals surface area contributed by atoms with Crippen molar-refractivity contribution in [2.45, 2.75) is 12.8 Å². The lowest BCUT2D eigenvalue weighted by atomic mass is 10.1. The Morgan fingerprint density at radius 1 is 0.943 bits per heavy atom. The van der Waals surface area contributed by atoms with E-state index in [4.69, 9.17) is 0 Å². The summed E-state index contributed by atoms with van der Waals surface area (Å²) in [5.74, 6) is 0.149. The summed E-state index contributed by atoms with van der Waals surface area (Å²) in [5, 5.41) is 9.07. The first kappa shape index (κ1) is 20.8. The molecule has 170 valence electrons. The minimum atomic E-state index is -0.173. The molecule has 0 bridgehead atoms. The fourth-order valence-electron chi connectivity index (χ4n) is 4.36. The standard InChI is InChI=1S/C28H21N5O2/c34-25-15-20-16-29-28(33-26(20)23-6-1-2-7-24(23)32-25)31-21-11-9-18(10-12-21)27(35)30-22-13-8-17-4-3-5-19(17)14-22/h1-3,5-14,16H,4,15H2,(H,30,35)(H,32,34)(H,29,31,33). The normalized spacial score (nSPS) is 13.2. The topological polar surface area (TPSA) is 96.0 Å². The van der Waals surface area contributed by atoms with Gasteiger partial charge in [0.25, 0.3) is 5.91 Å². The Morgan fingerprint density at radius 3 is 2.66 bits per heavy atom. The Hall–Kier alpha value is -4.78. The summed E-state index contributed by atoms with van der Waals surface area (Å²) in [7, 11) is 0. The third kappa shape index (κ3) is 4.15. The van der Waals surface area contributed by atoms with Crippen molar-refractivity contribution in [3.63, 3.8) is 0 Å². The number of carbonyl (C=O) groups excluding carboxylic acids is 2. The highest BCUT2D eigenvalue weighted by Gasteiger charge is 2.20. The van der Waals surface area contributed by atoms with Crippen LogP contribution >= 0.6 is 0 Å². The van der Waals surface area contributed by atoms with E-state index < -0.39 is 0 Å². The summed E-state index contributed by atoms with van der Waals surface area (Å²) < 4.78 is 0. The molecule has 7 nitrogen and oxygen atoms in total. The molecule has 2 aliphatic rings. The van der Waals surface area contributed by atoms with Crippen LogP contribution < -0.4 is 16.0 Å². The second kappa shape index (κ2) is 8.53. The number of aromatic nitrogens is 2. The number of allylic oxidation sites excluding steroid dienone is 1. The summed E-state index contributed by atoms with van der Waals surface area (Å²) in [5.41, 5.74) is 7.56. The van der Waals surface area contributed by atoms with Gasteiger partial charge in [-0.15, -0.1) is 0 Å². The number of amides is 2. The number of fused-ring (bicyclic) bond motifs is 4. The van der Waals surface area contributed by atoms with Crippen molar-refractivity contribution in [1.82, 2.24) is 9.97 Å². The Labute approximate surface area is 202 Å². The number of hydrogen-bond donors (Lipinski definition) is 3. The number of nitrogens with zero attached hydrogens (tertiary/aromatic N) is 2. The first-order valence-corrected chi connectivity index (χ1v) is 11.4. The molecule has 1 aliphatic heterocycles. The summed E-state index contributed by atoms with van der Waals surface area (Å²) in [6.07, 6.45) is 7.02. The quantitative estimate of drug-likeness (QED) is 0.390. The molecule has 0 radical (unpaired) electrons. The molecule has 0 spiro atoms. The van der Waals surface area contributed by atoms with Crippen molar-refractivity contribution in [2.24, 2.45) is 0 Å². The minimum Gasteiger partial charge on any atom is -0.325 e. The number of carbonyl (C=O) groups is 2. The maximum absolute atomic E-state index is 12.7. The average Bonchev–Trinajstić information content (AvgIpc) is 3.28. The van der Waals surface area contributed by atoms with E-state index in [1.807, 2.05) is 54.6 Å². The van der Waals surface area contributed by atoms with Crippen LogP contribution in [0.1, 0.15) is 27.0 Å². The highest BCUT2D eigenvalue weighted by molar-refractivity contribution is 6.04. The summed E-state index contributed by atoms with van der Waals surface area (Å²) in [6, 6.07) is 20.7. The number of nitrogens with one attached hydrogen (secondary N) is 3. The van der Waals surface area contributed by atoms with Crippen LogP contribution in [0.2, 0.25) is 0 Å². The Kier molecular flexibility index (Phi) is 5.07.